The smallest absolute Gasteiger partial charge is 0.0627 e. The van der Waals surface area contributed by atoms with Crippen molar-refractivity contribution in [2.75, 3.05) is 6.54 Å². The van der Waals surface area contributed by atoms with Crippen molar-refractivity contribution in [2.45, 2.75) is 83.0 Å². The molecule has 3 rings (SSSR count). The van der Waals surface area contributed by atoms with Crippen LogP contribution in [0.5, 0.6) is 0 Å². The fourth-order valence-electron chi connectivity index (χ4n) is 4.30. The molecule has 2 saturated heterocycles. The SMILES string of the molecule is CCNC(C1=CCCCCCC1)C1CC2CCC1O2. The highest BCUT2D eigenvalue weighted by molar-refractivity contribution is 5.16. The van der Waals surface area contributed by atoms with E-state index in [-0.39, 0.29) is 0 Å². The highest BCUT2D eigenvalue weighted by Crippen LogP contribution is 2.42. The lowest BCUT2D eigenvalue weighted by Gasteiger charge is -2.32. The number of nitrogens with one attached hydrogen (secondary N) is 1. The second kappa shape index (κ2) is 6.41. The maximum atomic E-state index is 6.09. The molecule has 2 heterocycles. The van der Waals surface area contributed by atoms with Crippen LogP contribution in [0.15, 0.2) is 11.6 Å². The minimum absolute atomic E-state index is 0.542. The zero-order valence-electron chi connectivity index (χ0n) is 12.4. The molecule has 108 valence electrons. The number of hydrogen-bond donors (Lipinski definition) is 1. The van der Waals surface area contributed by atoms with Crippen LogP contribution in [-0.4, -0.2) is 24.8 Å². The van der Waals surface area contributed by atoms with Crippen LogP contribution in [0.1, 0.15) is 64.7 Å². The third kappa shape index (κ3) is 3.05. The van der Waals surface area contributed by atoms with Gasteiger partial charge in [-0.3, -0.25) is 0 Å². The molecule has 3 aliphatic rings. The van der Waals surface area contributed by atoms with Crippen molar-refractivity contribution >= 4 is 0 Å². The van der Waals surface area contributed by atoms with E-state index < -0.39 is 0 Å². The molecule has 0 aromatic carbocycles. The molecule has 2 nitrogen and oxygen atoms in total. The van der Waals surface area contributed by atoms with Crippen LogP contribution in [0.3, 0.4) is 0 Å². The largest absolute Gasteiger partial charge is 0.375 e. The monoisotopic (exact) mass is 263 g/mol. The van der Waals surface area contributed by atoms with Crippen molar-refractivity contribution in [2.24, 2.45) is 5.92 Å². The molecule has 19 heavy (non-hydrogen) atoms. The molecule has 1 N–H and O–H groups in total. The Morgan fingerprint density at radius 1 is 1.26 bits per heavy atom. The normalized spacial score (nSPS) is 36.7. The Hall–Kier alpha value is -0.340. The number of fused-ring (bicyclic) bond motifs is 2. The summed E-state index contributed by atoms with van der Waals surface area (Å²) >= 11 is 0. The molecule has 2 fully saturated rings. The van der Waals surface area contributed by atoms with Gasteiger partial charge in [0.05, 0.1) is 12.2 Å². The molecule has 4 atom stereocenters. The maximum absolute atomic E-state index is 6.09. The molecule has 0 aromatic heterocycles. The van der Waals surface area contributed by atoms with Gasteiger partial charge in [-0.2, -0.15) is 0 Å². The summed E-state index contributed by atoms with van der Waals surface area (Å²) in [6.07, 6.45) is 15.8. The van der Waals surface area contributed by atoms with Crippen LogP contribution < -0.4 is 5.32 Å². The second-order valence-electron chi connectivity index (χ2n) is 6.54. The van der Waals surface area contributed by atoms with Gasteiger partial charge in [-0.05, 0) is 51.5 Å². The first-order valence-electron chi connectivity index (χ1n) is 8.46. The van der Waals surface area contributed by atoms with Gasteiger partial charge in [0, 0.05) is 12.0 Å². The Morgan fingerprint density at radius 3 is 2.89 bits per heavy atom. The quantitative estimate of drug-likeness (QED) is 0.779. The van der Waals surface area contributed by atoms with E-state index in [4.69, 9.17) is 4.74 Å². The van der Waals surface area contributed by atoms with Crippen molar-refractivity contribution in [3.05, 3.63) is 11.6 Å². The van der Waals surface area contributed by atoms with E-state index in [2.05, 4.69) is 18.3 Å². The van der Waals surface area contributed by atoms with Crippen molar-refractivity contribution < 1.29 is 4.74 Å². The summed E-state index contributed by atoms with van der Waals surface area (Å²) in [4.78, 5) is 0. The van der Waals surface area contributed by atoms with Crippen LogP contribution in [-0.2, 0) is 4.74 Å². The fourth-order valence-corrected chi connectivity index (χ4v) is 4.30. The van der Waals surface area contributed by atoms with E-state index >= 15 is 0 Å². The first kappa shape index (κ1) is 13.6. The lowest BCUT2D eigenvalue weighted by Crippen LogP contribution is -2.42. The third-order valence-electron chi connectivity index (χ3n) is 5.23. The number of rotatable bonds is 4. The Labute approximate surface area is 118 Å². The highest BCUT2D eigenvalue weighted by atomic mass is 16.5. The van der Waals surface area contributed by atoms with Crippen molar-refractivity contribution in [3.63, 3.8) is 0 Å². The fraction of sp³-hybridized carbons (Fsp3) is 0.882. The average molecular weight is 263 g/mol. The van der Waals surface area contributed by atoms with Gasteiger partial charge in [0.1, 0.15) is 0 Å². The third-order valence-corrected chi connectivity index (χ3v) is 5.23. The predicted molar refractivity (Wildman–Crippen MR) is 79.3 cm³/mol. The summed E-state index contributed by atoms with van der Waals surface area (Å²) in [7, 11) is 0. The van der Waals surface area contributed by atoms with E-state index in [0.717, 1.165) is 12.5 Å². The van der Waals surface area contributed by atoms with Gasteiger partial charge in [0.2, 0.25) is 0 Å². The van der Waals surface area contributed by atoms with Gasteiger partial charge in [-0.25, -0.2) is 0 Å². The Balaban J connectivity index is 1.72. The topological polar surface area (TPSA) is 21.3 Å². The van der Waals surface area contributed by atoms with Gasteiger partial charge in [-0.15, -0.1) is 0 Å². The lowest BCUT2D eigenvalue weighted by molar-refractivity contribution is 0.0879. The molecular weight excluding hydrogens is 234 g/mol. The molecule has 0 radical (unpaired) electrons. The number of ether oxygens (including phenoxy) is 1. The van der Waals surface area contributed by atoms with E-state index in [1.807, 2.05) is 0 Å². The molecule has 2 aliphatic heterocycles. The molecule has 0 saturated carbocycles. The number of likely N-dealkylation sites (N-methyl/N-ethyl adjacent to an activating group) is 1. The molecule has 0 spiro atoms. The second-order valence-corrected chi connectivity index (χ2v) is 6.54. The standard InChI is InChI=1S/C17H29NO/c1-2-18-17(13-8-6-4-3-5-7-9-13)15-12-14-10-11-16(15)19-14/h8,14-18H,2-7,9-12H2,1H3. The zero-order chi connectivity index (χ0) is 13.1. The van der Waals surface area contributed by atoms with Crippen molar-refractivity contribution in [3.8, 4) is 0 Å². The van der Waals surface area contributed by atoms with E-state index in [9.17, 15) is 0 Å². The van der Waals surface area contributed by atoms with Gasteiger partial charge in [0.15, 0.2) is 0 Å². The summed E-state index contributed by atoms with van der Waals surface area (Å²) in [5.41, 5.74) is 1.70. The average Bonchev–Trinajstić information content (AvgIpc) is 2.98. The van der Waals surface area contributed by atoms with Gasteiger partial charge in [-0.1, -0.05) is 31.4 Å². The first-order valence-corrected chi connectivity index (χ1v) is 8.46. The van der Waals surface area contributed by atoms with E-state index in [0.29, 0.717) is 18.2 Å². The summed E-state index contributed by atoms with van der Waals surface area (Å²) in [5, 5.41) is 3.78. The minimum atomic E-state index is 0.542. The Kier molecular flexibility index (Phi) is 4.60. The highest BCUT2D eigenvalue weighted by Gasteiger charge is 2.44. The van der Waals surface area contributed by atoms with Crippen molar-refractivity contribution in [1.29, 1.82) is 0 Å². The summed E-state index contributed by atoms with van der Waals surface area (Å²) in [6, 6.07) is 0.596. The predicted octanol–water partition coefficient (Wildman–Crippen LogP) is 3.81. The van der Waals surface area contributed by atoms with Gasteiger partial charge in [0.25, 0.3) is 0 Å². The number of allylic oxidation sites excluding steroid dienone is 1. The molecule has 1 aliphatic carbocycles. The van der Waals surface area contributed by atoms with Gasteiger partial charge < -0.3 is 10.1 Å². The van der Waals surface area contributed by atoms with Crippen LogP contribution in [0.2, 0.25) is 0 Å². The molecular formula is C17H29NO. The molecule has 0 aromatic rings. The van der Waals surface area contributed by atoms with E-state index in [1.54, 1.807) is 5.57 Å². The maximum Gasteiger partial charge on any atom is 0.0627 e. The van der Waals surface area contributed by atoms with Crippen molar-refractivity contribution in [1.82, 2.24) is 5.32 Å². The molecule has 2 heteroatoms. The zero-order valence-corrected chi connectivity index (χ0v) is 12.4. The first-order chi connectivity index (χ1) is 9.38. The summed E-state index contributed by atoms with van der Waals surface area (Å²) in [5.74, 6) is 0.740. The van der Waals surface area contributed by atoms with Crippen LogP contribution in [0.25, 0.3) is 0 Å². The minimum Gasteiger partial charge on any atom is -0.375 e. The van der Waals surface area contributed by atoms with Crippen LogP contribution >= 0.6 is 0 Å². The molecule has 2 bridgehead atoms. The van der Waals surface area contributed by atoms with Crippen LogP contribution in [0, 0.1) is 5.92 Å². The molecule has 4 unspecified atom stereocenters. The van der Waals surface area contributed by atoms with Gasteiger partial charge >= 0.3 is 0 Å². The Morgan fingerprint density at radius 2 is 2.16 bits per heavy atom. The Bertz CT molecular complexity index is 325. The lowest BCUT2D eigenvalue weighted by atomic mass is 9.79. The van der Waals surface area contributed by atoms with E-state index in [1.165, 1.54) is 57.8 Å². The van der Waals surface area contributed by atoms with Crippen LogP contribution in [0.4, 0.5) is 0 Å². The number of hydrogen-bond acceptors (Lipinski definition) is 2. The summed E-state index contributed by atoms with van der Waals surface area (Å²) < 4.78 is 6.09. The summed E-state index contributed by atoms with van der Waals surface area (Å²) in [6.45, 7) is 3.32. The molecule has 0 amide bonds.